The second-order valence-electron chi connectivity index (χ2n) is 8.07. The quantitative estimate of drug-likeness (QED) is 0.848. The molecule has 3 aliphatic rings. The maximum atomic E-state index is 12.7. The minimum atomic E-state index is -0.368. The lowest BCUT2D eigenvalue weighted by atomic mass is 9.75. The van der Waals surface area contributed by atoms with E-state index in [4.69, 9.17) is 14.2 Å². The summed E-state index contributed by atoms with van der Waals surface area (Å²) in [6.45, 7) is 4.80. The molecule has 3 atom stereocenters. The average molecular weight is 359 g/mol. The number of carbonyl (C=O) groups excluding carboxylic acids is 1. The summed E-state index contributed by atoms with van der Waals surface area (Å²) in [6.07, 6.45) is 5.56. The van der Waals surface area contributed by atoms with E-state index in [-0.39, 0.29) is 23.5 Å². The SMILES string of the molecule is CC1(C(=O)NCc2cccc(COC3CCOCC3)c2)CC2CCC1O2. The van der Waals surface area contributed by atoms with Crippen molar-refractivity contribution in [3.05, 3.63) is 35.4 Å². The molecule has 1 N–H and O–H groups in total. The van der Waals surface area contributed by atoms with Crippen LogP contribution in [0.25, 0.3) is 0 Å². The lowest BCUT2D eigenvalue weighted by Gasteiger charge is -2.29. The molecule has 1 aromatic carbocycles. The molecular formula is C21H29NO4. The van der Waals surface area contributed by atoms with Gasteiger partial charge in [-0.25, -0.2) is 0 Å². The molecule has 0 aromatic heterocycles. The number of hydrogen-bond donors (Lipinski definition) is 1. The monoisotopic (exact) mass is 359 g/mol. The van der Waals surface area contributed by atoms with E-state index in [9.17, 15) is 4.79 Å². The Bertz CT molecular complexity index is 643. The van der Waals surface area contributed by atoms with Crippen molar-refractivity contribution in [2.75, 3.05) is 13.2 Å². The van der Waals surface area contributed by atoms with E-state index in [1.807, 2.05) is 13.0 Å². The number of fused-ring (bicyclic) bond motifs is 2. The largest absolute Gasteiger partial charge is 0.381 e. The van der Waals surface area contributed by atoms with Gasteiger partial charge in [0.05, 0.1) is 30.3 Å². The smallest absolute Gasteiger partial charge is 0.228 e. The van der Waals surface area contributed by atoms with Crippen LogP contribution in [0.15, 0.2) is 24.3 Å². The second-order valence-corrected chi connectivity index (χ2v) is 8.07. The highest BCUT2D eigenvalue weighted by molar-refractivity contribution is 5.83. The topological polar surface area (TPSA) is 56.8 Å². The third-order valence-corrected chi connectivity index (χ3v) is 6.09. The number of rotatable bonds is 6. The number of benzene rings is 1. The molecule has 0 saturated carbocycles. The average Bonchev–Trinajstić information content (AvgIpc) is 3.27. The fraction of sp³-hybridized carbons (Fsp3) is 0.667. The lowest BCUT2D eigenvalue weighted by Crippen LogP contribution is -2.44. The molecule has 5 heteroatoms. The molecule has 5 nitrogen and oxygen atoms in total. The Hall–Kier alpha value is -1.43. The Labute approximate surface area is 155 Å². The van der Waals surface area contributed by atoms with Crippen LogP contribution in [-0.2, 0) is 32.2 Å². The summed E-state index contributed by atoms with van der Waals surface area (Å²) < 4.78 is 17.2. The molecule has 1 amide bonds. The molecule has 0 aliphatic carbocycles. The molecule has 3 fully saturated rings. The normalized spacial score (nSPS) is 31.3. The van der Waals surface area contributed by atoms with E-state index in [2.05, 4.69) is 23.5 Å². The third kappa shape index (κ3) is 3.80. The third-order valence-electron chi connectivity index (χ3n) is 6.09. The van der Waals surface area contributed by atoms with Crippen LogP contribution in [0.2, 0.25) is 0 Å². The number of carbonyl (C=O) groups is 1. The van der Waals surface area contributed by atoms with Crippen LogP contribution >= 0.6 is 0 Å². The van der Waals surface area contributed by atoms with Gasteiger partial charge in [0.15, 0.2) is 0 Å². The molecule has 2 bridgehead atoms. The van der Waals surface area contributed by atoms with E-state index >= 15 is 0 Å². The van der Waals surface area contributed by atoms with Gasteiger partial charge in [-0.1, -0.05) is 24.3 Å². The van der Waals surface area contributed by atoms with Crippen molar-refractivity contribution < 1.29 is 19.0 Å². The summed E-state index contributed by atoms with van der Waals surface area (Å²) in [5.41, 5.74) is 1.89. The van der Waals surface area contributed by atoms with Crippen LogP contribution < -0.4 is 5.32 Å². The maximum absolute atomic E-state index is 12.7. The zero-order valence-corrected chi connectivity index (χ0v) is 15.5. The first-order chi connectivity index (χ1) is 12.6. The molecule has 3 aliphatic heterocycles. The molecule has 3 unspecified atom stereocenters. The van der Waals surface area contributed by atoms with Crippen molar-refractivity contribution in [2.45, 2.75) is 70.5 Å². The van der Waals surface area contributed by atoms with E-state index in [1.165, 1.54) is 0 Å². The Balaban J connectivity index is 1.29. The molecule has 142 valence electrons. The first-order valence-corrected chi connectivity index (χ1v) is 9.84. The summed E-state index contributed by atoms with van der Waals surface area (Å²) in [6, 6.07) is 8.29. The van der Waals surface area contributed by atoms with Crippen molar-refractivity contribution in [1.29, 1.82) is 0 Å². The van der Waals surface area contributed by atoms with Crippen LogP contribution in [0.5, 0.6) is 0 Å². The van der Waals surface area contributed by atoms with E-state index in [0.717, 1.165) is 56.4 Å². The fourth-order valence-electron chi connectivity index (χ4n) is 4.44. The number of nitrogens with one attached hydrogen (secondary N) is 1. The van der Waals surface area contributed by atoms with Gasteiger partial charge in [-0.15, -0.1) is 0 Å². The molecule has 0 spiro atoms. The van der Waals surface area contributed by atoms with Crippen LogP contribution in [-0.4, -0.2) is 37.4 Å². The minimum Gasteiger partial charge on any atom is -0.381 e. The molecule has 3 saturated heterocycles. The highest BCUT2D eigenvalue weighted by atomic mass is 16.5. The van der Waals surface area contributed by atoms with Gasteiger partial charge in [0.25, 0.3) is 0 Å². The summed E-state index contributed by atoms with van der Waals surface area (Å²) >= 11 is 0. The van der Waals surface area contributed by atoms with E-state index < -0.39 is 0 Å². The van der Waals surface area contributed by atoms with Gasteiger partial charge in [0.2, 0.25) is 5.91 Å². The van der Waals surface area contributed by atoms with Gasteiger partial charge in [-0.3, -0.25) is 4.79 Å². The molecular weight excluding hydrogens is 330 g/mol. The van der Waals surface area contributed by atoms with Crippen LogP contribution in [0, 0.1) is 5.41 Å². The van der Waals surface area contributed by atoms with Gasteiger partial charge >= 0.3 is 0 Å². The van der Waals surface area contributed by atoms with Crippen LogP contribution in [0.1, 0.15) is 50.2 Å². The molecule has 1 aromatic rings. The predicted molar refractivity (Wildman–Crippen MR) is 97.5 cm³/mol. The summed E-state index contributed by atoms with van der Waals surface area (Å²) in [7, 11) is 0. The maximum Gasteiger partial charge on any atom is 0.228 e. The standard InChI is InChI=1S/C21H29NO4/c1-21(12-18-5-6-19(21)26-18)20(23)22-13-15-3-2-4-16(11-15)14-25-17-7-9-24-10-8-17/h2-4,11,17-19H,5-10,12-14H2,1H3,(H,22,23). The van der Waals surface area contributed by atoms with Crippen molar-refractivity contribution >= 4 is 5.91 Å². The Morgan fingerprint density at radius 3 is 2.77 bits per heavy atom. The van der Waals surface area contributed by atoms with Crippen molar-refractivity contribution in [3.63, 3.8) is 0 Å². The number of amides is 1. The zero-order chi connectivity index (χ0) is 18.0. The van der Waals surface area contributed by atoms with Crippen molar-refractivity contribution in [1.82, 2.24) is 5.32 Å². The van der Waals surface area contributed by atoms with E-state index in [1.54, 1.807) is 0 Å². The van der Waals surface area contributed by atoms with Gasteiger partial charge in [-0.05, 0) is 50.2 Å². The Kier molecular flexibility index (Phi) is 5.30. The summed E-state index contributed by atoms with van der Waals surface area (Å²) in [5.74, 6) is 0.119. The van der Waals surface area contributed by atoms with E-state index in [0.29, 0.717) is 19.3 Å². The first kappa shape index (κ1) is 18.0. The van der Waals surface area contributed by atoms with Gasteiger partial charge < -0.3 is 19.5 Å². The highest BCUT2D eigenvalue weighted by Crippen LogP contribution is 2.47. The Morgan fingerprint density at radius 1 is 1.23 bits per heavy atom. The number of ether oxygens (including phenoxy) is 3. The second kappa shape index (κ2) is 7.67. The van der Waals surface area contributed by atoms with Crippen LogP contribution in [0.4, 0.5) is 0 Å². The summed E-state index contributed by atoms with van der Waals surface area (Å²) in [5, 5.41) is 3.12. The minimum absolute atomic E-state index is 0.0895. The lowest BCUT2D eigenvalue weighted by molar-refractivity contribution is -0.133. The predicted octanol–water partition coefficient (Wildman–Crippen LogP) is 2.96. The first-order valence-electron chi connectivity index (χ1n) is 9.84. The number of hydrogen-bond acceptors (Lipinski definition) is 4. The molecule has 4 rings (SSSR count). The van der Waals surface area contributed by atoms with Crippen molar-refractivity contribution in [3.8, 4) is 0 Å². The fourth-order valence-corrected chi connectivity index (χ4v) is 4.44. The zero-order valence-electron chi connectivity index (χ0n) is 15.5. The van der Waals surface area contributed by atoms with Gasteiger partial charge in [0.1, 0.15) is 0 Å². The summed E-state index contributed by atoms with van der Waals surface area (Å²) in [4.78, 5) is 12.7. The van der Waals surface area contributed by atoms with Gasteiger partial charge in [-0.2, -0.15) is 0 Å². The molecule has 0 radical (unpaired) electrons. The Morgan fingerprint density at radius 2 is 2.04 bits per heavy atom. The van der Waals surface area contributed by atoms with Crippen LogP contribution in [0.3, 0.4) is 0 Å². The van der Waals surface area contributed by atoms with Gasteiger partial charge in [0, 0.05) is 19.8 Å². The highest BCUT2D eigenvalue weighted by Gasteiger charge is 2.53. The van der Waals surface area contributed by atoms with Crippen molar-refractivity contribution in [2.24, 2.45) is 5.41 Å². The molecule has 3 heterocycles. The molecule has 26 heavy (non-hydrogen) atoms.